The molecule has 174 valence electrons. The fraction of sp³-hybridized carbons (Fsp3) is 0.524. The molecule has 3 aliphatic rings. The number of carboxylic acids is 1. The van der Waals surface area contributed by atoms with E-state index in [0.717, 1.165) is 30.9 Å². The summed E-state index contributed by atoms with van der Waals surface area (Å²) in [6.45, 7) is 3.35. The SMILES string of the molecule is O=C(CSC1NC(C2(C(=O)O)CC2)=CS1)NC[C@H]1CN(Cc2ccc(Cl)c(Cl)c2)CCO1. The Kier molecular flexibility index (Phi) is 7.85. The Morgan fingerprint density at radius 1 is 1.34 bits per heavy atom. The number of carbonyl (C=O) groups excluding carboxylic acids is 1. The molecule has 1 unspecified atom stereocenters. The maximum Gasteiger partial charge on any atom is 0.315 e. The number of aliphatic carboxylic acids is 1. The van der Waals surface area contributed by atoms with Crippen molar-refractivity contribution in [1.29, 1.82) is 0 Å². The highest BCUT2D eigenvalue weighted by Gasteiger charge is 2.55. The number of hydrogen-bond donors (Lipinski definition) is 3. The van der Waals surface area contributed by atoms with Crippen LogP contribution < -0.4 is 10.6 Å². The first-order chi connectivity index (χ1) is 15.4. The smallest absolute Gasteiger partial charge is 0.315 e. The second-order valence-electron chi connectivity index (χ2n) is 8.12. The van der Waals surface area contributed by atoms with E-state index in [0.29, 0.717) is 41.8 Å². The van der Waals surface area contributed by atoms with Crippen molar-refractivity contribution in [3.05, 3.63) is 44.9 Å². The lowest BCUT2D eigenvalue weighted by molar-refractivity contribution is -0.141. The number of ether oxygens (including phenoxy) is 1. The van der Waals surface area contributed by atoms with Crippen LogP contribution in [0.4, 0.5) is 0 Å². The molecule has 3 N–H and O–H groups in total. The van der Waals surface area contributed by atoms with E-state index in [2.05, 4.69) is 15.5 Å². The van der Waals surface area contributed by atoms with Gasteiger partial charge in [0.2, 0.25) is 5.91 Å². The molecular formula is C21H25Cl2N3O4S2. The third-order valence-corrected chi connectivity index (χ3v) is 8.83. The third kappa shape index (κ3) is 5.87. The van der Waals surface area contributed by atoms with E-state index in [1.807, 2.05) is 17.5 Å². The number of carboxylic acid groups (broad SMARTS) is 1. The molecule has 2 atom stereocenters. The normalized spacial score (nSPS) is 24.5. The first kappa shape index (κ1) is 24.0. The zero-order chi connectivity index (χ0) is 22.7. The van der Waals surface area contributed by atoms with E-state index in [4.69, 9.17) is 27.9 Å². The van der Waals surface area contributed by atoms with Crippen molar-refractivity contribution in [2.75, 3.05) is 32.0 Å². The van der Waals surface area contributed by atoms with Crippen LogP contribution in [-0.4, -0.2) is 64.7 Å². The van der Waals surface area contributed by atoms with Gasteiger partial charge >= 0.3 is 5.97 Å². The van der Waals surface area contributed by atoms with Crippen molar-refractivity contribution >= 4 is 58.6 Å². The number of amides is 1. The molecule has 0 spiro atoms. The highest BCUT2D eigenvalue weighted by molar-refractivity contribution is 8.18. The van der Waals surface area contributed by atoms with Gasteiger partial charge in [-0.2, -0.15) is 0 Å². The Labute approximate surface area is 205 Å². The number of hydrogen-bond acceptors (Lipinski definition) is 7. The van der Waals surface area contributed by atoms with Crippen LogP contribution in [0, 0.1) is 5.41 Å². The Morgan fingerprint density at radius 2 is 2.16 bits per heavy atom. The van der Waals surface area contributed by atoms with Gasteiger partial charge < -0.3 is 20.5 Å². The van der Waals surface area contributed by atoms with Crippen molar-refractivity contribution in [1.82, 2.24) is 15.5 Å². The van der Waals surface area contributed by atoms with Gasteiger partial charge in [0.15, 0.2) is 0 Å². The van der Waals surface area contributed by atoms with Crippen molar-refractivity contribution in [2.24, 2.45) is 5.41 Å². The Hall–Kier alpha value is -1.10. The zero-order valence-corrected chi connectivity index (χ0v) is 20.5. The lowest BCUT2D eigenvalue weighted by Crippen LogP contribution is -2.47. The van der Waals surface area contributed by atoms with Crippen LogP contribution in [0.5, 0.6) is 0 Å². The number of morpholine rings is 1. The van der Waals surface area contributed by atoms with Gasteiger partial charge in [-0.1, -0.05) is 41.0 Å². The molecular weight excluding hydrogens is 493 g/mol. The first-order valence-corrected chi connectivity index (χ1v) is 13.1. The minimum atomic E-state index is -0.777. The molecule has 2 aliphatic heterocycles. The maximum absolute atomic E-state index is 12.3. The van der Waals surface area contributed by atoms with Gasteiger partial charge in [-0.25, -0.2) is 0 Å². The lowest BCUT2D eigenvalue weighted by atomic mass is 10.0. The van der Waals surface area contributed by atoms with E-state index in [-0.39, 0.29) is 16.7 Å². The van der Waals surface area contributed by atoms with Gasteiger partial charge in [0.05, 0.1) is 28.5 Å². The van der Waals surface area contributed by atoms with Gasteiger partial charge in [-0.3, -0.25) is 14.5 Å². The van der Waals surface area contributed by atoms with Gasteiger partial charge in [-0.05, 0) is 35.9 Å². The second-order valence-corrected chi connectivity index (χ2v) is 11.3. The fourth-order valence-electron chi connectivity index (χ4n) is 3.75. The predicted octanol–water partition coefficient (Wildman–Crippen LogP) is 3.37. The quantitative estimate of drug-likeness (QED) is 0.459. The molecule has 2 fully saturated rings. The molecule has 1 saturated carbocycles. The van der Waals surface area contributed by atoms with Gasteiger partial charge in [0.25, 0.3) is 0 Å². The van der Waals surface area contributed by atoms with Gasteiger partial charge in [0, 0.05) is 31.9 Å². The minimum Gasteiger partial charge on any atom is -0.481 e. The predicted molar refractivity (Wildman–Crippen MR) is 129 cm³/mol. The van der Waals surface area contributed by atoms with Crippen molar-refractivity contribution in [3.8, 4) is 0 Å². The molecule has 1 saturated heterocycles. The van der Waals surface area contributed by atoms with Crippen molar-refractivity contribution in [3.63, 3.8) is 0 Å². The molecule has 32 heavy (non-hydrogen) atoms. The molecule has 4 rings (SSSR count). The summed E-state index contributed by atoms with van der Waals surface area (Å²) >= 11 is 15.1. The van der Waals surface area contributed by atoms with Crippen LogP contribution in [0.1, 0.15) is 18.4 Å². The maximum atomic E-state index is 12.3. The summed E-state index contributed by atoms with van der Waals surface area (Å²) in [6, 6.07) is 5.65. The molecule has 1 aliphatic carbocycles. The summed E-state index contributed by atoms with van der Waals surface area (Å²) in [7, 11) is 0. The topological polar surface area (TPSA) is 90.9 Å². The van der Waals surface area contributed by atoms with E-state index in [9.17, 15) is 14.7 Å². The molecule has 1 aromatic carbocycles. The number of carbonyl (C=O) groups is 2. The van der Waals surface area contributed by atoms with Crippen LogP contribution in [0.25, 0.3) is 0 Å². The summed E-state index contributed by atoms with van der Waals surface area (Å²) in [6.07, 6.45) is 1.27. The van der Waals surface area contributed by atoms with E-state index < -0.39 is 11.4 Å². The van der Waals surface area contributed by atoms with Crippen molar-refractivity contribution in [2.45, 2.75) is 30.2 Å². The number of thioether (sulfide) groups is 2. The monoisotopic (exact) mass is 517 g/mol. The summed E-state index contributed by atoms with van der Waals surface area (Å²) in [4.78, 5) is 26.0. The molecule has 0 aromatic heterocycles. The minimum absolute atomic E-state index is 0.0415. The van der Waals surface area contributed by atoms with Crippen LogP contribution in [0.2, 0.25) is 10.0 Å². The third-order valence-electron chi connectivity index (χ3n) is 5.76. The number of nitrogens with zero attached hydrogens (tertiary/aromatic N) is 1. The standard InChI is InChI=1S/C21H25Cl2N3O4S2/c22-15-2-1-13(7-16(15)23)9-26-5-6-30-14(10-26)8-24-18(27)12-32-20-25-17(11-31-20)21(3-4-21)19(28)29/h1-2,7,11,14,20,25H,3-6,8-10,12H2,(H,24,27)(H,28,29)/t14-,20?/m0/s1. The number of nitrogens with one attached hydrogen (secondary N) is 2. The summed E-state index contributed by atoms with van der Waals surface area (Å²) in [5.74, 6) is -0.540. The molecule has 0 bridgehead atoms. The van der Waals surface area contributed by atoms with E-state index in [1.54, 1.807) is 6.07 Å². The first-order valence-electron chi connectivity index (χ1n) is 10.4. The van der Waals surface area contributed by atoms with Crippen LogP contribution in [0.15, 0.2) is 29.3 Å². The van der Waals surface area contributed by atoms with Crippen LogP contribution in [-0.2, 0) is 20.9 Å². The Balaban J connectivity index is 1.15. The molecule has 2 heterocycles. The molecule has 1 aromatic rings. The summed E-state index contributed by atoms with van der Waals surface area (Å²) in [5.41, 5.74) is 1.13. The average Bonchev–Trinajstić information content (AvgIpc) is 3.46. The van der Waals surface area contributed by atoms with E-state index >= 15 is 0 Å². The lowest BCUT2D eigenvalue weighted by Gasteiger charge is -2.33. The average molecular weight is 518 g/mol. The van der Waals surface area contributed by atoms with Gasteiger partial charge in [-0.15, -0.1) is 11.8 Å². The van der Waals surface area contributed by atoms with E-state index in [1.165, 1.54) is 23.5 Å². The summed E-state index contributed by atoms with van der Waals surface area (Å²) in [5, 5.41) is 18.6. The number of benzene rings is 1. The van der Waals surface area contributed by atoms with Gasteiger partial charge in [0.1, 0.15) is 10.1 Å². The fourth-order valence-corrected chi connectivity index (χ4v) is 6.12. The second kappa shape index (κ2) is 10.4. The van der Waals surface area contributed by atoms with Crippen LogP contribution >= 0.6 is 46.7 Å². The highest BCUT2D eigenvalue weighted by Crippen LogP contribution is 2.54. The summed E-state index contributed by atoms with van der Waals surface area (Å²) < 4.78 is 5.77. The highest BCUT2D eigenvalue weighted by atomic mass is 35.5. The van der Waals surface area contributed by atoms with Crippen molar-refractivity contribution < 1.29 is 19.4 Å². The molecule has 0 radical (unpaired) electrons. The van der Waals surface area contributed by atoms with Crippen LogP contribution in [0.3, 0.4) is 0 Å². The Bertz CT molecular complexity index is 913. The molecule has 1 amide bonds. The largest absolute Gasteiger partial charge is 0.481 e. The molecule has 7 nitrogen and oxygen atoms in total. The number of rotatable bonds is 9. The number of halogens is 2. The Morgan fingerprint density at radius 3 is 2.88 bits per heavy atom. The molecule has 11 heteroatoms. The zero-order valence-electron chi connectivity index (χ0n) is 17.3.